The molecule has 5 rings (SSSR count). The highest BCUT2D eigenvalue weighted by molar-refractivity contribution is 9.10. The number of hydrogen-bond donors (Lipinski definition) is 2. The summed E-state index contributed by atoms with van der Waals surface area (Å²) in [5.41, 5.74) is 4.66. The van der Waals surface area contributed by atoms with E-state index in [9.17, 15) is 9.59 Å². The second-order valence-electron chi connectivity index (χ2n) is 10.4. The Bertz CT molecular complexity index is 1250. The van der Waals surface area contributed by atoms with E-state index >= 15 is 0 Å². The van der Waals surface area contributed by atoms with Crippen LogP contribution in [0.15, 0.2) is 15.3 Å². The van der Waals surface area contributed by atoms with Crippen molar-refractivity contribution in [2.24, 2.45) is 5.92 Å². The number of nitrogens with zero attached hydrogens (tertiary/aromatic N) is 1. The molecule has 0 bridgehead atoms. The van der Waals surface area contributed by atoms with Gasteiger partial charge in [-0.3, -0.25) is 9.59 Å². The zero-order valence-electron chi connectivity index (χ0n) is 21.1. The molecule has 8 heteroatoms. The average Bonchev–Trinajstić information content (AvgIpc) is 3.20. The molecule has 1 unspecified atom stereocenters. The maximum atomic E-state index is 13.7. The summed E-state index contributed by atoms with van der Waals surface area (Å²) in [6.07, 6.45) is 4.95. The van der Waals surface area contributed by atoms with Crippen molar-refractivity contribution in [3.63, 3.8) is 0 Å². The van der Waals surface area contributed by atoms with Crippen molar-refractivity contribution in [1.29, 1.82) is 0 Å². The van der Waals surface area contributed by atoms with E-state index in [0.717, 1.165) is 52.5 Å². The summed E-state index contributed by atoms with van der Waals surface area (Å²) in [6, 6.07) is 2.50. The summed E-state index contributed by atoms with van der Waals surface area (Å²) in [5.74, 6) is 0.845. The number of rotatable bonds is 4. The van der Waals surface area contributed by atoms with E-state index in [4.69, 9.17) is 9.47 Å². The third kappa shape index (κ3) is 4.08. The van der Waals surface area contributed by atoms with E-state index in [1.165, 1.54) is 0 Å². The summed E-state index contributed by atoms with van der Waals surface area (Å²) in [7, 11) is 2.02. The maximum Gasteiger partial charge on any atom is 0.254 e. The lowest BCUT2D eigenvalue weighted by atomic mass is 9.81. The van der Waals surface area contributed by atoms with Crippen molar-refractivity contribution in [3.05, 3.63) is 54.4 Å². The number of H-pyrrole nitrogens is 1. The van der Waals surface area contributed by atoms with Crippen LogP contribution in [-0.4, -0.2) is 41.2 Å². The highest BCUT2D eigenvalue weighted by Crippen LogP contribution is 2.53. The lowest BCUT2D eigenvalue weighted by molar-refractivity contribution is -0.121. The quantitative estimate of drug-likeness (QED) is 0.591. The topological polar surface area (TPSA) is 83.7 Å². The molecule has 1 saturated carbocycles. The fourth-order valence-electron chi connectivity index (χ4n) is 6.02. The van der Waals surface area contributed by atoms with E-state index in [0.29, 0.717) is 41.6 Å². The second-order valence-corrected chi connectivity index (χ2v) is 11.2. The Balaban J connectivity index is 1.44. The van der Waals surface area contributed by atoms with Crippen LogP contribution in [0.4, 0.5) is 0 Å². The lowest BCUT2D eigenvalue weighted by Crippen LogP contribution is -2.46. The van der Waals surface area contributed by atoms with Gasteiger partial charge >= 0.3 is 0 Å². The number of pyridine rings is 1. The van der Waals surface area contributed by atoms with Crippen molar-refractivity contribution in [2.45, 2.75) is 78.2 Å². The number of fused-ring (bicyclic) bond motifs is 2. The van der Waals surface area contributed by atoms with Crippen LogP contribution in [0.25, 0.3) is 0 Å². The zero-order valence-corrected chi connectivity index (χ0v) is 22.7. The van der Waals surface area contributed by atoms with Crippen molar-refractivity contribution >= 4 is 21.8 Å². The molecule has 35 heavy (non-hydrogen) atoms. The predicted molar refractivity (Wildman–Crippen MR) is 138 cm³/mol. The third-order valence-corrected chi connectivity index (χ3v) is 8.99. The summed E-state index contributed by atoms with van der Waals surface area (Å²) in [6.45, 7) is 8.60. The summed E-state index contributed by atoms with van der Waals surface area (Å²) in [5, 5.41) is 3.38. The molecule has 1 atom stereocenters. The number of aromatic nitrogens is 1. The summed E-state index contributed by atoms with van der Waals surface area (Å²) >= 11 is 3.75. The molecule has 0 saturated heterocycles. The first-order chi connectivity index (χ1) is 16.6. The fourth-order valence-corrected chi connectivity index (χ4v) is 6.68. The minimum Gasteiger partial charge on any atom is -0.448 e. The van der Waals surface area contributed by atoms with E-state index in [1.807, 2.05) is 40.8 Å². The van der Waals surface area contributed by atoms with Gasteiger partial charge in [-0.15, -0.1) is 0 Å². The van der Waals surface area contributed by atoms with E-state index in [-0.39, 0.29) is 23.9 Å². The molecule has 1 amide bonds. The molecule has 2 N–H and O–H groups in total. The van der Waals surface area contributed by atoms with Crippen LogP contribution in [0.3, 0.4) is 0 Å². The van der Waals surface area contributed by atoms with Gasteiger partial charge in [-0.1, -0.05) is 0 Å². The Kier molecular flexibility index (Phi) is 6.24. The highest BCUT2D eigenvalue weighted by atomic mass is 79.9. The van der Waals surface area contributed by atoms with Crippen LogP contribution in [0, 0.1) is 26.7 Å². The van der Waals surface area contributed by atoms with Gasteiger partial charge in [-0.2, -0.15) is 0 Å². The largest absolute Gasteiger partial charge is 0.448 e. The summed E-state index contributed by atoms with van der Waals surface area (Å²) < 4.78 is 13.9. The lowest BCUT2D eigenvalue weighted by Gasteiger charge is -2.37. The molecular weight excluding hydrogens is 510 g/mol. The maximum absolute atomic E-state index is 13.7. The van der Waals surface area contributed by atoms with Crippen LogP contribution >= 0.6 is 15.9 Å². The Morgan fingerprint density at radius 2 is 1.83 bits per heavy atom. The van der Waals surface area contributed by atoms with Gasteiger partial charge in [0.2, 0.25) is 0 Å². The second kappa shape index (κ2) is 8.96. The van der Waals surface area contributed by atoms with Crippen LogP contribution in [0.1, 0.15) is 70.9 Å². The molecule has 3 heterocycles. The number of nitrogens with one attached hydrogen (secondary N) is 2. The molecule has 188 valence electrons. The minimum absolute atomic E-state index is 0.0710. The predicted octanol–water partition coefficient (Wildman–Crippen LogP) is 4.53. The number of aromatic amines is 1. The van der Waals surface area contributed by atoms with Gasteiger partial charge in [0.1, 0.15) is 0 Å². The van der Waals surface area contributed by atoms with Gasteiger partial charge < -0.3 is 24.7 Å². The number of ether oxygens (including phenoxy) is 2. The van der Waals surface area contributed by atoms with Crippen molar-refractivity contribution in [3.8, 4) is 11.5 Å². The molecule has 1 aliphatic carbocycles. The first-order valence-corrected chi connectivity index (χ1v) is 13.3. The van der Waals surface area contributed by atoms with Gasteiger partial charge in [0.05, 0.1) is 16.6 Å². The third-order valence-electron chi connectivity index (χ3n) is 8.15. The number of carbonyl (C=O) groups excluding carboxylic acids is 1. The molecule has 2 aromatic rings. The van der Waals surface area contributed by atoms with Crippen molar-refractivity contribution in [2.75, 3.05) is 13.6 Å². The number of aryl methyl sites for hydroxylation is 2. The normalized spacial score (nSPS) is 25.7. The Hall–Kier alpha value is -2.32. The molecule has 1 aromatic carbocycles. The first-order valence-electron chi connectivity index (χ1n) is 12.5. The van der Waals surface area contributed by atoms with Gasteiger partial charge in [-0.05, 0) is 93.0 Å². The van der Waals surface area contributed by atoms with Gasteiger partial charge in [0.25, 0.3) is 17.3 Å². The van der Waals surface area contributed by atoms with Crippen LogP contribution in [0.5, 0.6) is 11.5 Å². The molecule has 0 radical (unpaired) electrons. The number of halogens is 1. The molecule has 0 spiro atoms. The van der Waals surface area contributed by atoms with Gasteiger partial charge in [0.15, 0.2) is 11.5 Å². The van der Waals surface area contributed by atoms with Crippen LogP contribution in [0.2, 0.25) is 0 Å². The number of benzene rings is 1. The molecule has 2 aliphatic heterocycles. The van der Waals surface area contributed by atoms with Crippen LogP contribution in [-0.2, 0) is 13.0 Å². The fraction of sp³-hybridized carbons (Fsp3) is 0.556. The number of carbonyl (C=O) groups is 1. The van der Waals surface area contributed by atoms with E-state index in [1.54, 1.807) is 4.90 Å². The first kappa shape index (κ1) is 24.4. The van der Waals surface area contributed by atoms with Gasteiger partial charge in [0, 0.05) is 42.2 Å². The zero-order chi connectivity index (χ0) is 25.1. The van der Waals surface area contributed by atoms with Crippen LogP contribution < -0.4 is 20.3 Å². The molecule has 1 fully saturated rings. The highest BCUT2D eigenvalue weighted by Gasteiger charge is 2.48. The monoisotopic (exact) mass is 543 g/mol. The number of hydrogen-bond acceptors (Lipinski definition) is 5. The standard InChI is InChI=1S/C27H34BrN3O4/c1-14-12-15(2)30-25(32)20(14)13-31-11-10-19-21(26(31)33)16(3)23-24(22(19)28)35-27(4,34-23)17-6-8-18(29-5)9-7-17/h12,17-18,29H,6-11,13H2,1-5H3,(H,30,32)/t17-,18-,27?. The number of amides is 1. The smallest absolute Gasteiger partial charge is 0.254 e. The van der Waals surface area contributed by atoms with E-state index in [2.05, 4.69) is 26.2 Å². The average molecular weight is 544 g/mol. The molecule has 3 aliphatic rings. The van der Waals surface area contributed by atoms with E-state index < -0.39 is 5.79 Å². The van der Waals surface area contributed by atoms with Gasteiger partial charge in [-0.25, -0.2) is 0 Å². The summed E-state index contributed by atoms with van der Waals surface area (Å²) in [4.78, 5) is 30.9. The Morgan fingerprint density at radius 1 is 1.14 bits per heavy atom. The Labute approximate surface area is 214 Å². The molecule has 7 nitrogen and oxygen atoms in total. The van der Waals surface area contributed by atoms with Crippen molar-refractivity contribution < 1.29 is 14.3 Å². The Morgan fingerprint density at radius 3 is 2.49 bits per heavy atom. The SMILES string of the molecule is CN[C@H]1CC[C@H](C2(C)Oc3c(C)c4c(c(Br)c3O2)CCN(Cc2c(C)cc(C)[nH]c2=O)C4=O)CC1. The molecular formula is C27H34BrN3O4. The minimum atomic E-state index is -0.743. The van der Waals surface area contributed by atoms with Crippen molar-refractivity contribution in [1.82, 2.24) is 15.2 Å². The molecule has 1 aromatic heterocycles.